The van der Waals surface area contributed by atoms with Crippen molar-refractivity contribution < 1.29 is 0 Å². The first-order chi connectivity index (χ1) is 8.28. The van der Waals surface area contributed by atoms with Gasteiger partial charge in [0.15, 0.2) is 5.69 Å². The maximum absolute atomic E-state index is 8.60. The second-order valence-corrected chi connectivity index (χ2v) is 3.67. The van der Waals surface area contributed by atoms with Gasteiger partial charge in [0.25, 0.3) is 0 Å². The predicted molar refractivity (Wildman–Crippen MR) is 62.1 cm³/mol. The van der Waals surface area contributed by atoms with Crippen molar-refractivity contribution in [3.63, 3.8) is 0 Å². The minimum absolute atomic E-state index is 0.178. The second kappa shape index (κ2) is 5.07. The number of hydrogen-bond donors (Lipinski definition) is 1. The second-order valence-electron chi connectivity index (χ2n) is 3.67. The summed E-state index contributed by atoms with van der Waals surface area (Å²) in [7, 11) is 0. The van der Waals surface area contributed by atoms with Crippen molar-refractivity contribution in [2.75, 3.05) is 5.32 Å². The smallest absolute Gasteiger partial charge is 0.158 e. The van der Waals surface area contributed by atoms with E-state index in [1.54, 1.807) is 12.4 Å². The molecule has 0 aliphatic carbocycles. The van der Waals surface area contributed by atoms with Crippen LogP contribution >= 0.6 is 0 Å². The van der Waals surface area contributed by atoms with Crippen LogP contribution in [-0.2, 0) is 6.54 Å². The van der Waals surface area contributed by atoms with E-state index < -0.39 is 0 Å². The molecule has 0 aliphatic rings. The predicted octanol–water partition coefficient (Wildman–Crippen LogP) is 1.05. The van der Waals surface area contributed by atoms with Crippen LogP contribution in [0.4, 0.5) is 5.82 Å². The van der Waals surface area contributed by atoms with Crippen LogP contribution in [0, 0.1) is 11.3 Å². The van der Waals surface area contributed by atoms with Gasteiger partial charge < -0.3 is 5.32 Å². The van der Waals surface area contributed by atoms with E-state index in [-0.39, 0.29) is 6.04 Å². The van der Waals surface area contributed by atoms with E-state index in [9.17, 15) is 0 Å². The third kappa shape index (κ3) is 3.01. The lowest BCUT2D eigenvalue weighted by atomic mass is 10.3. The summed E-state index contributed by atoms with van der Waals surface area (Å²) < 4.78 is 1.84. The van der Waals surface area contributed by atoms with Crippen molar-refractivity contribution in [1.82, 2.24) is 19.7 Å². The fraction of sp³-hybridized carbons (Fsp3) is 0.273. The first-order valence-electron chi connectivity index (χ1n) is 5.24. The summed E-state index contributed by atoms with van der Waals surface area (Å²) in [5.41, 5.74) is 0.315. The largest absolute Gasteiger partial charge is 0.364 e. The number of nitrogens with zero attached hydrogens (tertiary/aromatic N) is 5. The van der Waals surface area contributed by atoms with E-state index in [1.807, 2.05) is 29.9 Å². The van der Waals surface area contributed by atoms with E-state index in [4.69, 9.17) is 5.26 Å². The highest BCUT2D eigenvalue weighted by Gasteiger charge is 2.04. The van der Waals surface area contributed by atoms with Gasteiger partial charge in [-0.15, -0.1) is 0 Å². The third-order valence-electron chi connectivity index (χ3n) is 2.18. The van der Waals surface area contributed by atoms with Gasteiger partial charge >= 0.3 is 0 Å². The van der Waals surface area contributed by atoms with Crippen molar-refractivity contribution >= 4 is 5.82 Å². The number of nitrogens with one attached hydrogen (secondary N) is 1. The molecule has 1 unspecified atom stereocenters. The molecule has 0 aromatic carbocycles. The highest BCUT2D eigenvalue weighted by Crippen LogP contribution is 2.03. The molecule has 0 aliphatic heterocycles. The summed E-state index contributed by atoms with van der Waals surface area (Å²) in [5, 5.41) is 15.9. The molecular weight excluding hydrogens is 216 g/mol. The Morgan fingerprint density at radius 3 is 2.94 bits per heavy atom. The van der Waals surface area contributed by atoms with Crippen LogP contribution < -0.4 is 5.32 Å². The molecule has 6 nitrogen and oxygen atoms in total. The van der Waals surface area contributed by atoms with Gasteiger partial charge in [-0.1, -0.05) is 0 Å². The van der Waals surface area contributed by atoms with Crippen LogP contribution in [0.1, 0.15) is 12.6 Å². The van der Waals surface area contributed by atoms with E-state index in [0.717, 1.165) is 6.54 Å². The van der Waals surface area contributed by atoms with E-state index in [1.165, 1.54) is 6.20 Å². The van der Waals surface area contributed by atoms with Gasteiger partial charge in [0.1, 0.15) is 11.9 Å². The van der Waals surface area contributed by atoms with Crippen LogP contribution in [-0.4, -0.2) is 25.8 Å². The Balaban J connectivity index is 1.94. The summed E-state index contributed by atoms with van der Waals surface area (Å²) in [5.74, 6) is 0.656. The zero-order valence-electron chi connectivity index (χ0n) is 9.41. The molecular formula is C11H12N6. The van der Waals surface area contributed by atoms with Crippen LogP contribution in [0.2, 0.25) is 0 Å². The molecule has 0 radical (unpaired) electrons. The first kappa shape index (κ1) is 11.1. The number of hydrogen-bond acceptors (Lipinski definition) is 5. The molecule has 0 saturated carbocycles. The van der Waals surface area contributed by atoms with Crippen molar-refractivity contribution in [2.24, 2.45) is 0 Å². The van der Waals surface area contributed by atoms with Crippen LogP contribution in [0.15, 0.2) is 30.9 Å². The van der Waals surface area contributed by atoms with Gasteiger partial charge in [0, 0.05) is 18.4 Å². The molecule has 2 heterocycles. The SMILES string of the molecule is CC(Cn1cccn1)Nc1cnc(C#N)cn1. The third-order valence-corrected chi connectivity index (χ3v) is 2.18. The molecule has 17 heavy (non-hydrogen) atoms. The molecule has 2 aromatic heterocycles. The maximum atomic E-state index is 8.60. The Bertz CT molecular complexity index is 496. The summed E-state index contributed by atoms with van der Waals surface area (Å²) in [4.78, 5) is 8.03. The lowest BCUT2D eigenvalue weighted by Crippen LogP contribution is -2.22. The fourth-order valence-corrected chi connectivity index (χ4v) is 1.45. The van der Waals surface area contributed by atoms with Gasteiger partial charge in [0.05, 0.1) is 18.9 Å². The van der Waals surface area contributed by atoms with E-state index in [0.29, 0.717) is 11.5 Å². The summed E-state index contributed by atoms with van der Waals surface area (Å²) in [6.07, 6.45) is 6.65. The van der Waals surface area contributed by atoms with Crippen molar-refractivity contribution in [2.45, 2.75) is 19.5 Å². The van der Waals surface area contributed by atoms with Crippen LogP contribution in [0.5, 0.6) is 0 Å². The van der Waals surface area contributed by atoms with Crippen molar-refractivity contribution in [3.05, 3.63) is 36.5 Å². The molecule has 0 bridgehead atoms. The molecule has 1 N–H and O–H groups in total. The Morgan fingerprint density at radius 1 is 1.47 bits per heavy atom. The number of rotatable bonds is 4. The molecule has 0 fully saturated rings. The topological polar surface area (TPSA) is 79.4 Å². The average molecular weight is 228 g/mol. The number of nitriles is 1. The highest BCUT2D eigenvalue weighted by atomic mass is 15.3. The van der Waals surface area contributed by atoms with Crippen LogP contribution in [0.3, 0.4) is 0 Å². The summed E-state index contributed by atoms with van der Waals surface area (Å²) in [6.45, 7) is 2.77. The lowest BCUT2D eigenvalue weighted by Gasteiger charge is -2.13. The Kier molecular flexibility index (Phi) is 3.31. The van der Waals surface area contributed by atoms with Gasteiger partial charge in [-0.05, 0) is 13.0 Å². The quantitative estimate of drug-likeness (QED) is 0.845. The molecule has 1 atom stereocenters. The standard InChI is InChI=1S/C11H12N6/c1-9(8-17-4-2-3-15-17)16-11-7-13-10(5-12)6-14-11/h2-4,6-7,9H,8H2,1H3,(H,14,16). The number of anilines is 1. The Morgan fingerprint density at radius 2 is 2.35 bits per heavy atom. The minimum Gasteiger partial charge on any atom is -0.364 e. The minimum atomic E-state index is 0.178. The molecule has 0 spiro atoms. The van der Waals surface area contributed by atoms with E-state index in [2.05, 4.69) is 20.4 Å². The lowest BCUT2D eigenvalue weighted by molar-refractivity contribution is 0.559. The fourth-order valence-electron chi connectivity index (χ4n) is 1.45. The van der Waals surface area contributed by atoms with Gasteiger partial charge in [-0.25, -0.2) is 9.97 Å². The van der Waals surface area contributed by atoms with Gasteiger partial charge in [0.2, 0.25) is 0 Å². The normalized spacial score (nSPS) is 11.8. The van der Waals surface area contributed by atoms with E-state index >= 15 is 0 Å². The maximum Gasteiger partial charge on any atom is 0.158 e. The van der Waals surface area contributed by atoms with Crippen molar-refractivity contribution in [3.8, 4) is 6.07 Å². The molecule has 0 saturated heterocycles. The monoisotopic (exact) mass is 228 g/mol. The highest BCUT2D eigenvalue weighted by molar-refractivity contribution is 5.33. The molecule has 86 valence electrons. The van der Waals surface area contributed by atoms with Crippen molar-refractivity contribution in [1.29, 1.82) is 5.26 Å². The molecule has 2 rings (SSSR count). The molecule has 6 heteroatoms. The molecule has 2 aromatic rings. The summed E-state index contributed by atoms with van der Waals surface area (Å²) >= 11 is 0. The van der Waals surface area contributed by atoms with Gasteiger partial charge in [-0.2, -0.15) is 10.4 Å². The molecule has 0 amide bonds. The zero-order chi connectivity index (χ0) is 12.1. The van der Waals surface area contributed by atoms with Gasteiger partial charge in [-0.3, -0.25) is 4.68 Å². The number of aromatic nitrogens is 4. The summed E-state index contributed by atoms with van der Waals surface area (Å²) in [6, 6.07) is 3.99. The first-order valence-corrected chi connectivity index (χ1v) is 5.24. The average Bonchev–Trinajstić information content (AvgIpc) is 2.82. The Hall–Kier alpha value is -2.42. The van der Waals surface area contributed by atoms with Crippen LogP contribution in [0.25, 0.3) is 0 Å². The Labute approximate surface area is 98.9 Å². The zero-order valence-corrected chi connectivity index (χ0v) is 9.41.